The summed E-state index contributed by atoms with van der Waals surface area (Å²) in [5.41, 5.74) is 0.752. The molecule has 1 spiro atoms. The number of hydrogen-bond donors (Lipinski definition) is 0. The number of ether oxygens (including phenoxy) is 2. The third-order valence-electron chi connectivity index (χ3n) is 6.54. The van der Waals surface area contributed by atoms with Gasteiger partial charge in [0.15, 0.2) is 11.5 Å². The second-order valence-corrected chi connectivity index (χ2v) is 8.81. The first-order valence-electron chi connectivity index (χ1n) is 10.8. The summed E-state index contributed by atoms with van der Waals surface area (Å²) in [7, 11) is 3.07. The van der Waals surface area contributed by atoms with Gasteiger partial charge in [0.25, 0.3) is 0 Å². The Morgan fingerprint density at radius 2 is 1.85 bits per heavy atom. The summed E-state index contributed by atoms with van der Waals surface area (Å²) in [4.78, 5) is 29.1. The van der Waals surface area contributed by atoms with Crippen molar-refractivity contribution in [1.82, 2.24) is 30.0 Å². The van der Waals surface area contributed by atoms with E-state index in [1.807, 2.05) is 9.80 Å². The van der Waals surface area contributed by atoms with E-state index in [1.165, 1.54) is 18.1 Å². The summed E-state index contributed by atoms with van der Waals surface area (Å²) >= 11 is 6.41. The third-order valence-corrected chi connectivity index (χ3v) is 6.93. The molecular weight excluding hydrogens is 448 g/mol. The smallest absolute Gasteiger partial charge is 0.246 e. The van der Waals surface area contributed by atoms with Crippen LogP contribution in [0.15, 0.2) is 24.5 Å². The average molecular weight is 475 g/mol. The van der Waals surface area contributed by atoms with Crippen molar-refractivity contribution in [2.75, 3.05) is 40.4 Å². The van der Waals surface area contributed by atoms with Gasteiger partial charge in [0.1, 0.15) is 12.9 Å². The zero-order chi connectivity index (χ0) is 23.4. The van der Waals surface area contributed by atoms with E-state index >= 15 is 0 Å². The van der Waals surface area contributed by atoms with Gasteiger partial charge in [-0.25, -0.2) is 4.68 Å². The summed E-state index contributed by atoms with van der Waals surface area (Å²) in [6, 6.07) is 3.55. The first-order chi connectivity index (χ1) is 15.9. The van der Waals surface area contributed by atoms with Crippen molar-refractivity contribution in [3.63, 3.8) is 0 Å². The Bertz CT molecular complexity index is 1030. The van der Waals surface area contributed by atoms with E-state index in [9.17, 15) is 9.59 Å². The molecule has 10 nitrogen and oxygen atoms in total. The number of halogens is 1. The number of hydrogen-bond acceptors (Lipinski definition) is 7. The van der Waals surface area contributed by atoms with Crippen LogP contribution in [0.4, 0.5) is 0 Å². The second kappa shape index (κ2) is 9.78. The SMILES string of the molecule is COc1ccc(/C=C/C(=O)N2CCC3(CCN(C(=O)Cn4cnnn4)CC3)C2)c(Cl)c1OC. The number of amides is 2. The lowest BCUT2D eigenvalue weighted by molar-refractivity contribution is -0.134. The van der Waals surface area contributed by atoms with Gasteiger partial charge in [-0.2, -0.15) is 0 Å². The summed E-state index contributed by atoms with van der Waals surface area (Å²) in [5.74, 6) is 0.943. The highest BCUT2D eigenvalue weighted by Gasteiger charge is 2.42. The van der Waals surface area contributed by atoms with E-state index in [2.05, 4.69) is 15.5 Å². The molecule has 2 amide bonds. The molecule has 0 bridgehead atoms. The Balaban J connectivity index is 1.33. The van der Waals surface area contributed by atoms with Crippen LogP contribution < -0.4 is 9.47 Å². The number of nitrogens with zero attached hydrogens (tertiary/aromatic N) is 6. The second-order valence-electron chi connectivity index (χ2n) is 8.44. The van der Waals surface area contributed by atoms with Crippen LogP contribution >= 0.6 is 11.6 Å². The minimum Gasteiger partial charge on any atom is -0.493 e. The van der Waals surface area contributed by atoms with Crippen LogP contribution in [0.2, 0.25) is 5.02 Å². The molecule has 11 heteroatoms. The fourth-order valence-corrected chi connectivity index (χ4v) is 4.85. The topological polar surface area (TPSA) is 103 Å². The Morgan fingerprint density at radius 3 is 2.48 bits per heavy atom. The molecule has 2 aliphatic heterocycles. The molecule has 1 aromatic carbocycles. The van der Waals surface area contributed by atoms with Gasteiger partial charge in [-0.05, 0) is 58.9 Å². The van der Waals surface area contributed by atoms with E-state index in [-0.39, 0.29) is 23.8 Å². The van der Waals surface area contributed by atoms with E-state index < -0.39 is 0 Å². The molecule has 0 saturated carbocycles. The zero-order valence-corrected chi connectivity index (χ0v) is 19.5. The standard InChI is InChI=1S/C22H27ClN6O4/c1-32-17-5-3-16(20(23)21(17)33-2)4-6-18(30)28-12-9-22(14-28)7-10-27(11-8-22)19(31)13-29-15-24-25-26-29/h3-6,15H,7-14H2,1-2H3/b6-4+. The van der Waals surface area contributed by atoms with Crippen molar-refractivity contribution < 1.29 is 19.1 Å². The minimum absolute atomic E-state index is 0.0119. The van der Waals surface area contributed by atoms with Gasteiger partial charge < -0.3 is 19.3 Å². The highest BCUT2D eigenvalue weighted by molar-refractivity contribution is 6.33. The van der Waals surface area contributed by atoms with Crippen molar-refractivity contribution in [3.05, 3.63) is 35.1 Å². The predicted molar refractivity (Wildman–Crippen MR) is 121 cm³/mol. The molecule has 4 rings (SSSR count). The van der Waals surface area contributed by atoms with Gasteiger partial charge in [0.2, 0.25) is 11.8 Å². The number of benzene rings is 1. The maximum absolute atomic E-state index is 12.8. The van der Waals surface area contributed by atoms with E-state index in [0.717, 1.165) is 19.3 Å². The number of tetrazole rings is 1. The van der Waals surface area contributed by atoms with Crippen LogP contribution in [-0.2, 0) is 16.1 Å². The third kappa shape index (κ3) is 4.95. The molecule has 176 valence electrons. The molecule has 1 aromatic heterocycles. The first-order valence-corrected chi connectivity index (χ1v) is 11.2. The van der Waals surface area contributed by atoms with Gasteiger partial charge in [-0.15, -0.1) is 5.10 Å². The molecule has 0 atom stereocenters. The number of aromatic nitrogens is 4. The lowest BCUT2D eigenvalue weighted by Crippen LogP contribution is -2.45. The minimum atomic E-state index is -0.0464. The van der Waals surface area contributed by atoms with Crippen molar-refractivity contribution in [2.24, 2.45) is 5.41 Å². The molecule has 0 aliphatic carbocycles. The maximum Gasteiger partial charge on any atom is 0.246 e. The molecule has 2 saturated heterocycles. The van der Waals surface area contributed by atoms with Gasteiger partial charge >= 0.3 is 0 Å². The predicted octanol–water partition coefficient (Wildman–Crippen LogP) is 1.90. The van der Waals surface area contributed by atoms with Crippen LogP contribution in [0.1, 0.15) is 24.8 Å². The fraction of sp³-hybridized carbons (Fsp3) is 0.500. The zero-order valence-electron chi connectivity index (χ0n) is 18.7. The van der Waals surface area contributed by atoms with Crippen molar-refractivity contribution in [1.29, 1.82) is 0 Å². The largest absolute Gasteiger partial charge is 0.493 e. The molecule has 0 unspecified atom stereocenters. The fourth-order valence-electron chi connectivity index (χ4n) is 4.55. The number of methoxy groups -OCH3 is 2. The Morgan fingerprint density at radius 1 is 1.12 bits per heavy atom. The highest BCUT2D eigenvalue weighted by atomic mass is 35.5. The van der Waals surface area contributed by atoms with Crippen molar-refractivity contribution in [3.8, 4) is 11.5 Å². The lowest BCUT2D eigenvalue weighted by atomic mass is 9.78. The number of carbonyl (C=O) groups is 2. The summed E-state index contributed by atoms with van der Waals surface area (Å²) in [6.45, 7) is 2.92. The van der Waals surface area contributed by atoms with Crippen LogP contribution in [0.5, 0.6) is 11.5 Å². The average Bonchev–Trinajstić information content (AvgIpc) is 3.48. The molecule has 2 fully saturated rings. The Kier molecular flexibility index (Phi) is 6.83. The maximum atomic E-state index is 12.8. The van der Waals surface area contributed by atoms with Crippen molar-refractivity contribution >= 4 is 29.5 Å². The first kappa shape index (κ1) is 23.0. The van der Waals surface area contributed by atoms with Crippen LogP contribution in [0, 0.1) is 5.41 Å². The number of carbonyl (C=O) groups excluding carboxylic acids is 2. The van der Waals surface area contributed by atoms with Gasteiger partial charge in [0, 0.05) is 32.3 Å². The molecule has 33 heavy (non-hydrogen) atoms. The Labute approximate surface area is 197 Å². The quantitative estimate of drug-likeness (QED) is 0.589. The summed E-state index contributed by atoms with van der Waals surface area (Å²) < 4.78 is 12.0. The van der Waals surface area contributed by atoms with Gasteiger partial charge in [-0.1, -0.05) is 11.6 Å². The lowest BCUT2D eigenvalue weighted by Gasteiger charge is -2.39. The number of likely N-dealkylation sites (tertiary alicyclic amines) is 2. The van der Waals surface area contributed by atoms with E-state index in [1.54, 1.807) is 31.4 Å². The molecular formula is C22H27ClN6O4. The molecule has 0 radical (unpaired) electrons. The Hall–Kier alpha value is -3.14. The molecule has 0 N–H and O–H groups in total. The van der Waals surface area contributed by atoms with Crippen LogP contribution in [0.3, 0.4) is 0 Å². The highest BCUT2D eigenvalue weighted by Crippen LogP contribution is 2.41. The normalized spacial score (nSPS) is 17.7. The van der Waals surface area contributed by atoms with Crippen LogP contribution in [0.25, 0.3) is 6.08 Å². The molecule has 2 aliphatic rings. The molecule has 3 heterocycles. The number of rotatable bonds is 6. The molecule has 2 aromatic rings. The van der Waals surface area contributed by atoms with Gasteiger partial charge in [-0.3, -0.25) is 9.59 Å². The van der Waals surface area contributed by atoms with Gasteiger partial charge in [0.05, 0.1) is 19.2 Å². The summed E-state index contributed by atoms with van der Waals surface area (Å²) in [6.07, 6.45) is 7.40. The monoisotopic (exact) mass is 474 g/mol. The van der Waals surface area contributed by atoms with E-state index in [4.69, 9.17) is 21.1 Å². The summed E-state index contributed by atoms with van der Waals surface area (Å²) in [5, 5.41) is 11.3. The van der Waals surface area contributed by atoms with Crippen LogP contribution in [-0.4, -0.2) is 82.2 Å². The van der Waals surface area contributed by atoms with Crippen molar-refractivity contribution in [2.45, 2.75) is 25.8 Å². The number of piperidine rings is 1. The van der Waals surface area contributed by atoms with E-state index in [0.29, 0.717) is 48.3 Å².